The first-order valence-corrected chi connectivity index (χ1v) is 10.5. The predicted molar refractivity (Wildman–Crippen MR) is 115 cm³/mol. The Morgan fingerprint density at radius 3 is 2.94 bits per heavy atom. The molecule has 10 heteroatoms. The summed E-state index contributed by atoms with van der Waals surface area (Å²) in [6.45, 7) is 2.97. The minimum atomic E-state index is -0.550. The zero-order valence-corrected chi connectivity index (χ0v) is 18.3. The molecular weight excluding hydrogens is 425 g/mol. The van der Waals surface area contributed by atoms with E-state index in [2.05, 4.69) is 20.6 Å². The molecule has 2 amide bonds. The van der Waals surface area contributed by atoms with E-state index in [0.717, 1.165) is 17.7 Å². The van der Waals surface area contributed by atoms with Crippen molar-refractivity contribution in [3.8, 4) is 0 Å². The van der Waals surface area contributed by atoms with Gasteiger partial charge >= 0.3 is 6.03 Å². The summed E-state index contributed by atoms with van der Waals surface area (Å²) in [4.78, 5) is 23.4. The fourth-order valence-corrected chi connectivity index (χ4v) is 3.48. The number of urea groups is 1. The number of hydrogen-bond acceptors (Lipinski definition) is 6. The Morgan fingerprint density at radius 1 is 1.45 bits per heavy atom. The molecule has 168 valence electrons. The number of carbonyl (C=O) groups excluding carboxylic acids is 1. The number of methoxy groups -OCH3 is 1. The van der Waals surface area contributed by atoms with Crippen molar-refractivity contribution in [2.75, 3.05) is 32.2 Å². The maximum Gasteiger partial charge on any atom is 0.318 e. The van der Waals surface area contributed by atoms with Crippen molar-refractivity contribution >= 4 is 23.6 Å². The maximum absolute atomic E-state index is 13.9. The van der Waals surface area contributed by atoms with Crippen LogP contribution in [0, 0.1) is 5.82 Å². The standard InChI is InChI=1S/C21H27ClFN5O3/c1-3-15(11-29)25-20-24-9-14-6-7-28(10-18(14)26-20)21(30)27-19(12-31-2)13-4-5-16(22)17(23)8-13/h4-5,8-9,15,19,29H,3,6-7,10-12H2,1-2H3,(H,27,30)(H,24,25,26)/t15-,19+/m0/s1. The van der Waals surface area contributed by atoms with Crippen molar-refractivity contribution in [3.05, 3.63) is 52.1 Å². The highest BCUT2D eigenvalue weighted by Gasteiger charge is 2.25. The molecule has 1 aliphatic heterocycles. The second kappa shape index (κ2) is 10.7. The molecule has 0 unspecified atom stereocenters. The second-order valence-electron chi connectivity index (χ2n) is 7.40. The summed E-state index contributed by atoms with van der Waals surface area (Å²) in [6.07, 6.45) is 3.12. The fraction of sp³-hybridized carbons (Fsp3) is 0.476. The van der Waals surface area contributed by atoms with Crippen molar-refractivity contribution in [2.45, 2.75) is 38.4 Å². The van der Waals surface area contributed by atoms with Gasteiger partial charge in [0, 0.05) is 19.9 Å². The Hall–Kier alpha value is -2.49. The van der Waals surface area contributed by atoms with Crippen LogP contribution in [-0.2, 0) is 17.7 Å². The van der Waals surface area contributed by atoms with Crippen molar-refractivity contribution in [1.82, 2.24) is 20.2 Å². The largest absolute Gasteiger partial charge is 0.394 e. The summed E-state index contributed by atoms with van der Waals surface area (Å²) in [5.74, 6) is -0.123. The number of aromatic nitrogens is 2. The second-order valence-corrected chi connectivity index (χ2v) is 7.81. The molecule has 0 saturated carbocycles. The van der Waals surface area contributed by atoms with Crippen LogP contribution in [0.4, 0.5) is 15.1 Å². The number of amides is 2. The molecule has 0 spiro atoms. The molecule has 0 aliphatic carbocycles. The van der Waals surface area contributed by atoms with Gasteiger partial charge in [0.15, 0.2) is 0 Å². The summed E-state index contributed by atoms with van der Waals surface area (Å²) in [7, 11) is 1.52. The van der Waals surface area contributed by atoms with Gasteiger partial charge in [0.25, 0.3) is 0 Å². The van der Waals surface area contributed by atoms with E-state index < -0.39 is 11.9 Å². The molecule has 2 atom stereocenters. The van der Waals surface area contributed by atoms with Gasteiger partial charge in [-0.2, -0.15) is 0 Å². The topological polar surface area (TPSA) is 99.6 Å². The number of halogens is 2. The Morgan fingerprint density at radius 2 is 2.26 bits per heavy atom. The first-order chi connectivity index (χ1) is 14.9. The van der Waals surface area contributed by atoms with E-state index in [9.17, 15) is 14.3 Å². The highest BCUT2D eigenvalue weighted by molar-refractivity contribution is 6.30. The van der Waals surface area contributed by atoms with Crippen molar-refractivity contribution in [2.24, 2.45) is 0 Å². The van der Waals surface area contributed by atoms with Crippen molar-refractivity contribution in [1.29, 1.82) is 0 Å². The van der Waals surface area contributed by atoms with Gasteiger partial charge in [-0.15, -0.1) is 0 Å². The van der Waals surface area contributed by atoms with E-state index in [1.165, 1.54) is 19.2 Å². The zero-order chi connectivity index (χ0) is 22.4. The van der Waals surface area contributed by atoms with Crippen LogP contribution in [0.25, 0.3) is 0 Å². The normalized spacial score (nSPS) is 15.2. The minimum Gasteiger partial charge on any atom is -0.394 e. The highest BCUT2D eigenvalue weighted by Crippen LogP contribution is 2.22. The lowest BCUT2D eigenvalue weighted by Crippen LogP contribution is -2.45. The molecule has 3 N–H and O–H groups in total. The monoisotopic (exact) mass is 451 g/mol. The SMILES string of the molecule is CC[C@@H](CO)Nc1ncc2c(n1)CN(C(=O)N[C@H](COC)c1ccc(Cl)c(F)c1)CC2. The van der Waals surface area contributed by atoms with E-state index >= 15 is 0 Å². The summed E-state index contributed by atoms with van der Waals surface area (Å²) in [6, 6.07) is 3.47. The van der Waals surface area contributed by atoms with Gasteiger partial charge < -0.3 is 25.4 Å². The summed E-state index contributed by atoms with van der Waals surface area (Å²) in [5.41, 5.74) is 2.31. The van der Waals surface area contributed by atoms with Gasteiger partial charge in [0.2, 0.25) is 5.95 Å². The van der Waals surface area contributed by atoms with Crippen molar-refractivity contribution < 1.29 is 19.0 Å². The third-order valence-corrected chi connectivity index (χ3v) is 5.56. The third kappa shape index (κ3) is 5.81. The van der Waals surface area contributed by atoms with E-state index in [1.54, 1.807) is 17.2 Å². The summed E-state index contributed by atoms with van der Waals surface area (Å²) >= 11 is 5.77. The minimum absolute atomic E-state index is 0.0162. The fourth-order valence-electron chi connectivity index (χ4n) is 3.36. The number of nitrogens with zero attached hydrogens (tertiary/aromatic N) is 3. The van der Waals surface area contributed by atoms with Crippen LogP contribution in [0.1, 0.15) is 36.2 Å². The Bertz CT molecular complexity index is 913. The van der Waals surface area contributed by atoms with E-state index in [1.807, 2.05) is 6.92 Å². The Kier molecular flexibility index (Phi) is 8.00. The van der Waals surface area contributed by atoms with Gasteiger partial charge in [0.05, 0.1) is 42.6 Å². The average molecular weight is 452 g/mol. The number of aliphatic hydroxyl groups is 1. The van der Waals surface area contributed by atoms with Crippen LogP contribution >= 0.6 is 11.6 Å². The van der Waals surface area contributed by atoms with Gasteiger partial charge in [-0.25, -0.2) is 19.2 Å². The molecule has 3 rings (SSSR count). The number of anilines is 1. The number of benzene rings is 1. The molecule has 1 aromatic carbocycles. The van der Waals surface area contributed by atoms with Crippen LogP contribution < -0.4 is 10.6 Å². The smallest absolute Gasteiger partial charge is 0.318 e. The molecule has 2 aromatic rings. The number of ether oxygens (including phenoxy) is 1. The number of aliphatic hydroxyl groups excluding tert-OH is 1. The van der Waals surface area contributed by atoms with Crippen LogP contribution in [0.15, 0.2) is 24.4 Å². The van der Waals surface area contributed by atoms with Crippen LogP contribution in [-0.4, -0.2) is 58.9 Å². The van der Waals surface area contributed by atoms with Gasteiger partial charge in [-0.05, 0) is 36.1 Å². The molecule has 31 heavy (non-hydrogen) atoms. The summed E-state index contributed by atoms with van der Waals surface area (Å²) in [5, 5.41) is 15.4. The molecule has 0 radical (unpaired) electrons. The lowest BCUT2D eigenvalue weighted by Gasteiger charge is -2.30. The molecule has 0 saturated heterocycles. The molecule has 1 aromatic heterocycles. The number of fused-ring (bicyclic) bond motifs is 1. The zero-order valence-electron chi connectivity index (χ0n) is 17.6. The summed E-state index contributed by atoms with van der Waals surface area (Å²) < 4.78 is 19.1. The molecule has 8 nitrogen and oxygen atoms in total. The average Bonchev–Trinajstić information content (AvgIpc) is 2.78. The number of hydrogen-bond donors (Lipinski definition) is 3. The lowest BCUT2D eigenvalue weighted by molar-refractivity contribution is 0.152. The number of nitrogens with one attached hydrogen (secondary N) is 2. The molecular formula is C21H27ClFN5O3. The third-order valence-electron chi connectivity index (χ3n) is 5.26. The van der Waals surface area contributed by atoms with Crippen LogP contribution in [0.3, 0.4) is 0 Å². The van der Waals surface area contributed by atoms with E-state index in [4.69, 9.17) is 16.3 Å². The first kappa shape index (κ1) is 23.2. The van der Waals surface area contributed by atoms with Gasteiger partial charge in [0.1, 0.15) is 5.82 Å². The Balaban J connectivity index is 1.70. The van der Waals surface area contributed by atoms with E-state index in [0.29, 0.717) is 31.0 Å². The molecule has 2 heterocycles. The Labute approximate surface area is 185 Å². The van der Waals surface area contributed by atoms with E-state index in [-0.39, 0.29) is 30.3 Å². The number of carbonyl (C=O) groups is 1. The highest BCUT2D eigenvalue weighted by atomic mass is 35.5. The van der Waals surface area contributed by atoms with Crippen molar-refractivity contribution in [3.63, 3.8) is 0 Å². The van der Waals surface area contributed by atoms with Crippen LogP contribution in [0.2, 0.25) is 5.02 Å². The van der Waals surface area contributed by atoms with Crippen LogP contribution in [0.5, 0.6) is 0 Å². The lowest BCUT2D eigenvalue weighted by atomic mass is 10.1. The van der Waals surface area contributed by atoms with Gasteiger partial charge in [-0.3, -0.25) is 0 Å². The molecule has 0 bridgehead atoms. The quantitative estimate of drug-likeness (QED) is 0.570. The molecule has 0 fully saturated rings. The number of rotatable bonds is 8. The van der Waals surface area contributed by atoms with Gasteiger partial charge in [-0.1, -0.05) is 24.6 Å². The first-order valence-electron chi connectivity index (χ1n) is 10.2. The molecule has 1 aliphatic rings. The predicted octanol–water partition coefficient (Wildman–Crippen LogP) is 2.91. The maximum atomic E-state index is 13.9.